The molecule has 0 spiro atoms. The molecule has 5 heterocycles. The third-order valence-electron chi connectivity index (χ3n) is 12.0. The van der Waals surface area contributed by atoms with Gasteiger partial charge in [0.15, 0.2) is 0 Å². The van der Waals surface area contributed by atoms with Gasteiger partial charge in [-0.2, -0.15) is 0 Å². The van der Waals surface area contributed by atoms with E-state index < -0.39 is 18.4 Å². The van der Waals surface area contributed by atoms with Crippen molar-refractivity contribution >= 4 is 99.0 Å². The molecule has 0 saturated heterocycles. The molecule has 2 amide bonds. The van der Waals surface area contributed by atoms with Crippen LogP contribution in [0, 0.1) is 18.8 Å². The standard InChI is InChI=1S/C20H27OS2.C12H11Br2NO2S.3C4H9.Sn/c1-13(2)6-9-20(10-7-14(3)4)16-8-11-22-18(16)19-17(21-20)12-15(5)23-19;13-9-7-8(10(14)18-9)12(17)15(11(7)16)6-4-2-1-3-5-6;3*1-3-4-2;/h8,12-14H,6-7,9-10H2,1-5H3;6H,1-5H2;3*1,3-4H2,2H3;. The molecular formula is C44H65Br2NO3S3Sn. The van der Waals surface area contributed by atoms with Gasteiger partial charge < -0.3 is 0 Å². The Bertz CT molecular complexity index is 1650. The van der Waals surface area contributed by atoms with Crippen molar-refractivity contribution < 1.29 is 14.3 Å². The van der Waals surface area contributed by atoms with Gasteiger partial charge in [0.1, 0.15) is 0 Å². The number of fused-ring (bicyclic) bond motifs is 4. The van der Waals surface area contributed by atoms with Crippen LogP contribution in [0.1, 0.15) is 176 Å². The second-order valence-corrected chi connectivity index (χ2v) is 37.3. The van der Waals surface area contributed by atoms with E-state index in [0.29, 0.717) is 23.0 Å². The second-order valence-electron chi connectivity index (χ2n) is 17.1. The molecule has 3 aromatic heterocycles. The number of carbonyl (C=O) groups excluding carboxylic acids is 2. The number of hydrogen-bond acceptors (Lipinski definition) is 6. The molecule has 0 radical (unpaired) electrons. The Balaban J connectivity index is 0.000000258. The van der Waals surface area contributed by atoms with E-state index in [4.69, 9.17) is 4.74 Å². The number of rotatable bonds is 17. The number of nitrogens with zero attached hydrogens (tertiary/aromatic N) is 1. The number of carbonyl (C=O) groups is 2. The monoisotopic (exact) mass is 1030 g/mol. The molecule has 54 heavy (non-hydrogen) atoms. The number of aryl methyl sites for hydroxylation is 1. The van der Waals surface area contributed by atoms with E-state index in [9.17, 15) is 9.59 Å². The maximum absolute atomic E-state index is 12.4. The van der Waals surface area contributed by atoms with Crippen molar-refractivity contribution in [3.63, 3.8) is 0 Å². The fourth-order valence-corrected chi connectivity index (χ4v) is 33.3. The van der Waals surface area contributed by atoms with Crippen LogP contribution in [0.15, 0.2) is 19.7 Å². The number of amides is 2. The average Bonchev–Trinajstić information content (AvgIpc) is 3.89. The molecule has 1 saturated carbocycles. The topological polar surface area (TPSA) is 46.6 Å². The van der Waals surface area contributed by atoms with Crippen molar-refractivity contribution in [1.29, 1.82) is 0 Å². The van der Waals surface area contributed by atoms with Crippen molar-refractivity contribution in [2.24, 2.45) is 11.8 Å². The van der Waals surface area contributed by atoms with Gasteiger partial charge in [-0.3, -0.25) is 14.5 Å². The number of thiophene rings is 3. The first-order chi connectivity index (χ1) is 25.8. The fourth-order valence-electron chi connectivity index (χ4n) is 8.74. The van der Waals surface area contributed by atoms with Gasteiger partial charge in [-0.25, -0.2) is 0 Å². The molecule has 0 aromatic carbocycles. The first kappa shape index (κ1) is 44.9. The maximum atomic E-state index is 12.4. The zero-order valence-electron chi connectivity index (χ0n) is 34.3. The summed E-state index contributed by atoms with van der Waals surface area (Å²) < 4.78 is 15.2. The molecule has 4 nitrogen and oxygen atoms in total. The number of ether oxygens (including phenoxy) is 1. The number of hydrogen-bond donors (Lipinski definition) is 0. The van der Waals surface area contributed by atoms with Crippen molar-refractivity contribution in [1.82, 2.24) is 4.90 Å². The Labute approximate surface area is 360 Å². The van der Waals surface area contributed by atoms with Crippen molar-refractivity contribution in [2.75, 3.05) is 0 Å². The summed E-state index contributed by atoms with van der Waals surface area (Å²) >= 11 is 9.85. The van der Waals surface area contributed by atoms with Crippen molar-refractivity contribution in [2.45, 2.75) is 177 Å². The van der Waals surface area contributed by atoms with Gasteiger partial charge in [0.25, 0.3) is 11.8 Å². The van der Waals surface area contributed by atoms with Gasteiger partial charge in [-0.05, 0) is 44.7 Å². The largest absolute Gasteiger partial charge is 0.271 e. The summed E-state index contributed by atoms with van der Waals surface area (Å²) in [6, 6.07) is 5.20. The number of unbranched alkanes of at least 4 members (excludes halogenated alkanes) is 3. The van der Waals surface area contributed by atoms with Crippen LogP contribution in [-0.2, 0) is 5.60 Å². The summed E-state index contributed by atoms with van der Waals surface area (Å²) in [7, 11) is 0. The molecule has 1 fully saturated rings. The minimum absolute atomic E-state index is 0.0925. The minimum Gasteiger partial charge on any atom is -0.271 e. The average molecular weight is 1030 g/mol. The Morgan fingerprint density at radius 3 is 1.78 bits per heavy atom. The van der Waals surface area contributed by atoms with E-state index in [2.05, 4.69) is 111 Å². The van der Waals surface area contributed by atoms with E-state index in [0.717, 1.165) is 46.1 Å². The SMILES string of the molecule is CCC[CH2][Sn]([CH2]CCC)([CH2]CCC)[c]1cc2c(s1)-c1sc(C)cc1OC2(CCC(C)C)CCC(C)C.O=C1c2c(Br)sc(Br)c2C(=O)N1C1CCCCC1. The van der Waals surface area contributed by atoms with Crippen LogP contribution >= 0.6 is 65.9 Å². The Kier molecular flexibility index (Phi) is 16.8. The summed E-state index contributed by atoms with van der Waals surface area (Å²) in [6.45, 7) is 19.0. The molecule has 3 aromatic rings. The molecule has 6 rings (SSSR count). The van der Waals surface area contributed by atoms with Crippen LogP contribution < -0.4 is 7.63 Å². The zero-order chi connectivity index (χ0) is 39.2. The summed E-state index contributed by atoms with van der Waals surface area (Å²) in [6.07, 6.45) is 18.4. The van der Waals surface area contributed by atoms with Crippen LogP contribution in [0.25, 0.3) is 9.75 Å². The molecule has 0 atom stereocenters. The van der Waals surface area contributed by atoms with Crippen LogP contribution in [0.3, 0.4) is 0 Å². The second kappa shape index (κ2) is 20.2. The van der Waals surface area contributed by atoms with Crippen LogP contribution in [-0.4, -0.2) is 41.1 Å². The molecule has 2 aliphatic heterocycles. The Hall–Kier alpha value is -0.201. The smallest absolute Gasteiger partial charge is 0.263 e. The predicted molar refractivity (Wildman–Crippen MR) is 244 cm³/mol. The zero-order valence-corrected chi connectivity index (χ0v) is 42.7. The molecule has 10 heteroatoms. The summed E-state index contributed by atoms with van der Waals surface area (Å²) in [4.78, 5) is 30.7. The molecular weight excluding hydrogens is 965 g/mol. The Morgan fingerprint density at radius 2 is 1.30 bits per heavy atom. The molecule has 0 unspecified atom stereocenters. The molecule has 300 valence electrons. The molecule has 0 N–H and O–H groups in total. The summed E-state index contributed by atoms with van der Waals surface area (Å²) in [5.74, 6) is 2.33. The maximum Gasteiger partial charge on any atom is 0.263 e. The molecule has 1 aliphatic carbocycles. The number of imide groups is 1. The van der Waals surface area contributed by atoms with Gasteiger partial charge in [-0.15, -0.1) is 11.3 Å². The van der Waals surface area contributed by atoms with E-state index in [1.807, 2.05) is 14.2 Å². The first-order valence-electron chi connectivity index (χ1n) is 21.1. The molecule has 0 bridgehead atoms. The van der Waals surface area contributed by atoms with Crippen LogP contribution in [0.5, 0.6) is 5.75 Å². The number of halogens is 2. The van der Waals surface area contributed by atoms with Gasteiger partial charge in [0, 0.05) is 6.04 Å². The van der Waals surface area contributed by atoms with E-state index in [1.54, 1.807) is 23.8 Å². The van der Waals surface area contributed by atoms with Crippen LogP contribution in [0.2, 0.25) is 13.3 Å². The first-order valence-corrected chi connectivity index (χ1v) is 32.6. The van der Waals surface area contributed by atoms with Crippen molar-refractivity contribution in [3.05, 3.63) is 41.3 Å². The third-order valence-corrected chi connectivity index (χ3v) is 35.1. The van der Waals surface area contributed by atoms with E-state index in [-0.39, 0.29) is 23.5 Å². The van der Waals surface area contributed by atoms with Crippen molar-refractivity contribution in [3.8, 4) is 15.5 Å². The summed E-state index contributed by atoms with van der Waals surface area (Å²) in [5.41, 5.74) is 2.53. The molecule has 3 aliphatic rings. The third kappa shape index (κ3) is 9.97. The van der Waals surface area contributed by atoms with Crippen LogP contribution in [0.4, 0.5) is 0 Å². The quantitative estimate of drug-likeness (QED) is 0.1000. The fraction of sp³-hybridized carbons (Fsp3) is 0.682. The van der Waals surface area contributed by atoms with E-state index in [1.165, 1.54) is 89.5 Å². The minimum atomic E-state index is -2.51. The normalized spacial score (nSPS) is 16.8. The Morgan fingerprint density at radius 1 is 0.778 bits per heavy atom. The van der Waals surface area contributed by atoms with Gasteiger partial charge >= 0.3 is 237 Å². The predicted octanol–water partition coefficient (Wildman–Crippen LogP) is 15.5. The van der Waals surface area contributed by atoms with Gasteiger partial charge in [-0.1, -0.05) is 19.3 Å². The summed E-state index contributed by atoms with van der Waals surface area (Å²) in [5, 5.41) is 0. The van der Waals surface area contributed by atoms with E-state index >= 15 is 0 Å². The van der Waals surface area contributed by atoms with Gasteiger partial charge in [0.05, 0.1) is 18.7 Å². The van der Waals surface area contributed by atoms with Gasteiger partial charge in [0.2, 0.25) is 0 Å².